The molecule has 2 aliphatic rings. The number of nitrogens with zero attached hydrogens (tertiary/aromatic N) is 3. The Balaban J connectivity index is 1.51. The molecule has 2 fully saturated rings. The van der Waals surface area contributed by atoms with Crippen LogP contribution in [0.3, 0.4) is 0 Å². The predicted octanol–water partition coefficient (Wildman–Crippen LogP) is 1.70. The van der Waals surface area contributed by atoms with Crippen LogP contribution in [0.5, 0.6) is 0 Å². The Hall–Kier alpha value is -2.14. The Bertz CT molecular complexity index is 652. The van der Waals surface area contributed by atoms with Gasteiger partial charge in [-0.1, -0.05) is 18.2 Å². The second-order valence-electron chi connectivity index (χ2n) is 6.18. The summed E-state index contributed by atoms with van der Waals surface area (Å²) in [4.78, 5) is 14.7. The van der Waals surface area contributed by atoms with Gasteiger partial charge in [0.15, 0.2) is 0 Å². The maximum Gasteiger partial charge on any atom is 0.257 e. The summed E-state index contributed by atoms with van der Waals surface area (Å²) in [6.45, 7) is 2.77. The number of nitrogens with one attached hydrogen (secondary N) is 1. The van der Waals surface area contributed by atoms with E-state index in [4.69, 9.17) is 0 Å². The molecule has 1 N–H and O–H groups in total. The zero-order valence-electron chi connectivity index (χ0n) is 12.5. The summed E-state index contributed by atoms with van der Waals surface area (Å²) in [5, 5.41) is 7.86. The molecule has 2 aromatic rings. The first kappa shape index (κ1) is 13.5. The Morgan fingerprint density at radius 3 is 2.91 bits per heavy atom. The van der Waals surface area contributed by atoms with Crippen LogP contribution in [0.1, 0.15) is 23.2 Å². The molecule has 0 unspecified atom stereocenters. The molecular weight excluding hydrogens is 276 g/mol. The van der Waals surface area contributed by atoms with Gasteiger partial charge in [-0.05, 0) is 37.4 Å². The minimum Gasteiger partial charge on any atom is -0.337 e. The van der Waals surface area contributed by atoms with Crippen molar-refractivity contribution in [1.29, 1.82) is 0 Å². The summed E-state index contributed by atoms with van der Waals surface area (Å²) in [6.07, 6.45) is 5.94. The van der Waals surface area contributed by atoms with Gasteiger partial charge >= 0.3 is 0 Å². The zero-order chi connectivity index (χ0) is 14.9. The second-order valence-corrected chi connectivity index (χ2v) is 6.18. The van der Waals surface area contributed by atoms with Crippen LogP contribution in [0.25, 0.3) is 5.69 Å². The largest absolute Gasteiger partial charge is 0.337 e. The van der Waals surface area contributed by atoms with Gasteiger partial charge in [-0.15, -0.1) is 0 Å². The van der Waals surface area contributed by atoms with E-state index in [0.717, 1.165) is 25.3 Å². The molecule has 1 aromatic heterocycles. The lowest BCUT2D eigenvalue weighted by molar-refractivity contribution is 0.0785. The normalized spacial score (nSPS) is 24.3. The first-order valence-corrected chi connectivity index (χ1v) is 7.94. The number of hydrogen-bond donors (Lipinski definition) is 1. The van der Waals surface area contributed by atoms with Crippen molar-refractivity contribution in [1.82, 2.24) is 20.0 Å². The van der Waals surface area contributed by atoms with E-state index >= 15 is 0 Å². The monoisotopic (exact) mass is 296 g/mol. The molecule has 4 rings (SSSR count). The molecule has 0 radical (unpaired) electrons. The third-order valence-electron chi connectivity index (χ3n) is 4.74. The van der Waals surface area contributed by atoms with Crippen LogP contribution in [0, 0.1) is 5.92 Å². The minimum atomic E-state index is 0.0957. The third-order valence-corrected chi connectivity index (χ3v) is 4.74. The second kappa shape index (κ2) is 5.57. The number of amides is 1. The fourth-order valence-corrected chi connectivity index (χ4v) is 3.55. The predicted molar refractivity (Wildman–Crippen MR) is 84.0 cm³/mol. The first-order valence-electron chi connectivity index (χ1n) is 7.94. The summed E-state index contributed by atoms with van der Waals surface area (Å²) in [6, 6.07) is 10.3. The Morgan fingerprint density at radius 1 is 1.23 bits per heavy atom. The smallest absolute Gasteiger partial charge is 0.257 e. The third kappa shape index (κ3) is 2.41. The topological polar surface area (TPSA) is 50.2 Å². The molecule has 2 aliphatic heterocycles. The zero-order valence-corrected chi connectivity index (χ0v) is 12.5. The highest BCUT2D eigenvalue weighted by Crippen LogP contribution is 2.26. The number of benzene rings is 1. The molecule has 0 saturated carbocycles. The SMILES string of the molecule is O=C(c1cnn(-c2ccccc2)c1)N1C[C@@H]2CCCN[C@@H]2C1. The average molecular weight is 296 g/mol. The van der Waals surface area contributed by atoms with E-state index in [0.29, 0.717) is 17.5 Å². The van der Waals surface area contributed by atoms with Crippen molar-refractivity contribution in [3.05, 3.63) is 48.3 Å². The quantitative estimate of drug-likeness (QED) is 0.917. The fraction of sp³-hybridized carbons (Fsp3) is 0.412. The summed E-state index contributed by atoms with van der Waals surface area (Å²) in [5.41, 5.74) is 1.64. The van der Waals surface area contributed by atoms with Crippen LogP contribution >= 0.6 is 0 Å². The number of carbonyl (C=O) groups is 1. The van der Waals surface area contributed by atoms with Crippen molar-refractivity contribution in [2.24, 2.45) is 5.92 Å². The van der Waals surface area contributed by atoms with Crippen molar-refractivity contribution in [2.75, 3.05) is 19.6 Å². The molecule has 0 bridgehead atoms. The van der Waals surface area contributed by atoms with Crippen molar-refractivity contribution in [3.63, 3.8) is 0 Å². The van der Waals surface area contributed by atoms with Crippen molar-refractivity contribution < 1.29 is 4.79 Å². The van der Waals surface area contributed by atoms with Crippen LogP contribution in [0.4, 0.5) is 0 Å². The Kier molecular flexibility index (Phi) is 3.42. The van der Waals surface area contributed by atoms with Crippen molar-refractivity contribution in [2.45, 2.75) is 18.9 Å². The average Bonchev–Trinajstić information content (AvgIpc) is 3.22. The molecule has 5 nitrogen and oxygen atoms in total. The highest BCUT2D eigenvalue weighted by Gasteiger charge is 2.36. The van der Waals surface area contributed by atoms with Gasteiger partial charge in [-0.3, -0.25) is 4.79 Å². The van der Waals surface area contributed by atoms with Crippen molar-refractivity contribution in [3.8, 4) is 5.69 Å². The maximum atomic E-state index is 12.7. The van der Waals surface area contributed by atoms with Crippen LogP contribution in [-0.4, -0.2) is 46.3 Å². The number of piperidine rings is 1. The van der Waals surface area contributed by atoms with Crippen molar-refractivity contribution >= 4 is 5.91 Å². The van der Waals surface area contributed by atoms with Gasteiger partial charge in [0.05, 0.1) is 17.4 Å². The molecule has 1 aromatic carbocycles. The molecular formula is C17H20N4O. The maximum absolute atomic E-state index is 12.7. The van der Waals surface area contributed by atoms with Gasteiger partial charge in [-0.25, -0.2) is 4.68 Å². The van der Waals surface area contributed by atoms with Crippen LogP contribution in [0.15, 0.2) is 42.7 Å². The van der Waals surface area contributed by atoms with Crippen LogP contribution in [-0.2, 0) is 0 Å². The van der Waals surface area contributed by atoms with Gasteiger partial charge in [0.2, 0.25) is 0 Å². The van der Waals surface area contributed by atoms with Gasteiger partial charge in [-0.2, -0.15) is 5.10 Å². The molecule has 0 aliphatic carbocycles. The summed E-state index contributed by atoms with van der Waals surface area (Å²) < 4.78 is 1.76. The molecule has 2 atom stereocenters. The van der Waals surface area contributed by atoms with Gasteiger partial charge < -0.3 is 10.2 Å². The fourth-order valence-electron chi connectivity index (χ4n) is 3.55. The van der Waals surface area contributed by atoms with E-state index in [1.54, 1.807) is 10.9 Å². The Labute approximate surface area is 129 Å². The van der Waals surface area contributed by atoms with E-state index < -0.39 is 0 Å². The van der Waals surface area contributed by atoms with Gasteiger partial charge in [0.25, 0.3) is 5.91 Å². The Morgan fingerprint density at radius 2 is 2.09 bits per heavy atom. The molecule has 1 amide bonds. The van der Waals surface area contributed by atoms with Gasteiger partial charge in [0, 0.05) is 25.3 Å². The molecule has 2 saturated heterocycles. The number of rotatable bonds is 2. The number of hydrogen-bond acceptors (Lipinski definition) is 3. The molecule has 3 heterocycles. The molecule has 0 spiro atoms. The number of carbonyl (C=O) groups excluding carboxylic acids is 1. The van der Waals surface area contributed by atoms with E-state index in [-0.39, 0.29) is 5.91 Å². The number of aromatic nitrogens is 2. The van der Waals surface area contributed by atoms with E-state index in [1.165, 1.54) is 12.8 Å². The van der Waals surface area contributed by atoms with E-state index in [2.05, 4.69) is 10.4 Å². The molecule has 114 valence electrons. The summed E-state index contributed by atoms with van der Waals surface area (Å²) in [5.74, 6) is 0.709. The lowest BCUT2D eigenvalue weighted by atomic mass is 9.94. The number of para-hydroxylation sites is 1. The van der Waals surface area contributed by atoms with Gasteiger partial charge in [0.1, 0.15) is 0 Å². The minimum absolute atomic E-state index is 0.0957. The summed E-state index contributed by atoms with van der Waals surface area (Å²) >= 11 is 0. The number of likely N-dealkylation sites (tertiary alicyclic amines) is 1. The first-order chi connectivity index (χ1) is 10.8. The lowest BCUT2D eigenvalue weighted by Crippen LogP contribution is -2.41. The van der Waals surface area contributed by atoms with Crippen LogP contribution in [0.2, 0.25) is 0 Å². The highest BCUT2D eigenvalue weighted by atomic mass is 16.2. The standard InChI is InChI=1S/C17H20N4O/c22-17(20-10-13-5-4-8-18-16(13)12-20)14-9-19-21(11-14)15-6-2-1-3-7-15/h1-3,6-7,9,11,13,16,18H,4-5,8,10,12H2/t13-,16+/m0/s1. The van der Waals surface area contributed by atoms with Crippen LogP contribution < -0.4 is 5.32 Å². The lowest BCUT2D eigenvalue weighted by Gasteiger charge is -2.24. The molecule has 5 heteroatoms. The van der Waals surface area contributed by atoms with E-state index in [1.807, 2.05) is 41.4 Å². The summed E-state index contributed by atoms with van der Waals surface area (Å²) in [7, 11) is 0. The van der Waals surface area contributed by atoms with E-state index in [9.17, 15) is 4.79 Å². The molecule has 22 heavy (non-hydrogen) atoms. The number of fused-ring (bicyclic) bond motifs is 1. The highest BCUT2D eigenvalue weighted by molar-refractivity contribution is 5.94.